The van der Waals surface area contributed by atoms with E-state index in [-0.39, 0.29) is 0 Å². The van der Waals surface area contributed by atoms with Gasteiger partial charge in [0.25, 0.3) is 0 Å². The Hall–Kier alpha value is -1.90. The van der Waals surface area contributed by atoms with Crippen molar-refractivity contribution < 1.29 is 4.79 Å². The fraction of sp³-hybridized carbons (Fsp3) is 0.444. The number of pyridine rings is 1. The predicted molar refractivity (Wildman–Crippen MR) is 87.0 cm³/mol. The molecule has 0 radical (unpaired) electrons. The van der Waals surface area contributed by atoms with Crippen LogP contribution >= 0.6 is 0 Å². The number of para-hydroxylation sites is 1. The highest BCUT2D eigenvalue weighted by atomic mass is 16.1. The van der Waals surface area contributed by atoms with Crippen molar-refractivity contribution in [3.63, 3.8) is 0 Å². The van der Waals surface area contributed by atoms with Crippen LogP contribution in [0.25, 0.3) is 10.9 Å². The molecule has 21 heavy (non-hydrogen) atoms. The minimum absolute atomic E-state index is 0.382. The van der Waals surface area contributed by atoms with Gasteiger partial charge in [-0.15, -0.1) is 0 Å². The molecule has 0 saturated carbocycles. The summed E-state index contributed by atoms with van der Waals surface area (Å²) in [6, 6.07) is 9.95. The lowest BCUT2D eigenvalue weighted by Gasteiger charge is -2.27. The molecule has 1 aliphatic heterocycles. The Labute approximate surface area is 126 Å². The molecule has 0 aliphatic carbocycles. The summed E-state index contributed by atoms with van der Waals surface area (Å²) < 4.78 is 0. The molecule has 0 unspecified atom stereocenters. The molecule has 0 amide bonds. The van der Waals surface area contributed by atoms with Crippen LogP contribution in [0.4, 0.5) is 5.82 Å². The van der Waals surface area contributed by atoms with Gasteiger partial charge in [-0.3, -0.25) is 4.79 Å². The Morgan fingerprint density at radius 1 is 1.29 bits per heavy atom. The topological polar surface area (TPSA) is 33.2 Å². The molecule has 3 nitrogen and oxygen atoms in total. The van der Waals surface area contributed by atoms with Crippen molar-refractivity contribution in [1.82, 2.24) is 4.98 Å². The number of fused-ring (bicyclic) bond motifs is 1. The van der Waals surface area contributed by atoms with E-state index in [4.69, 9.17) is 4.98 Å². The van der Waals surface area contributed by atoms with Crippen LogP contribution in [0.3, 0.4) is 0 Å². The highest BCUT2D eigenvalue weighted by Gasteiger charge is 2.36. The quantitative estimate of drug-likeness (QED) is 0.793. The number of benzene rings is 1. The summed E-state index contributed by atoms with van der Waals surface area (Å²) in [5, 5.41) is 1.03. The Morgan fingerprint density at radius 2 is 2.05 bits per heavy atom. The number of hydrogen-bond donors (Lipinski definition) is 0. The van der Waals surface area contributed by atoms with Gasteiger partial charge in [0.15, 0.2) is 6.29 Å². The van der Waals surface area contributed by atoms with Crippen LogP contribution in [0.1, 0.15) is 43.5 Å². The van der Waals surface area contributed by atoms with E-state index in [0.29, 0.717) is 11.0 Å². The Balaban J connectivity index is 2.02. The van der Waals surface area contributed by atoms with E-state index in [9.17, 15) is 4.79 Å². The lowest BCUT2D eigenvalue weighted by Crippen LogP contribution is -2.27. The Morgan fingerprint density at radius 3 is 2.71 bits per heavy atom. The lowest BCUT2D eigenvalue weighted by atomic mass is 9.82. The van der Waals surface area contributed by atoms with Crippen LogP contribution in [0.2, 0.25) is 0 Å². The SMILES string of the molecule is CCC1(CC)CCN(c2nc3ccccc3cc2C=O)C1. The van der Waals surface area contributed by atoms with E-state index in [2.05, 4.69) is 18.7 Å². The molecule has 0 bridgehead atoms. The fourth-order valence-corrected chi connectivity index (χ4v) is 3.41. The minimum Gasteiger partial charge on any atom is -0.355 e. The van der Waals surface area contributed by atoms with E-state index >= 15 is 0 Å². The third-order valence-corrected chi connectivity index (χ3v) is 5.10. The molecule has 1 aromatic heterocycles. The van der Waals surface area contributed by atoms with Crippen LogP contribution in [0, 0.1) is 5.41 Å². The van der Waals surface area contributed by atoms with Crippen molar-refractivity contribution in [2.45, 2.75) is 33.1 Å². The van der Waals surface area contributed by atoms with E-state index in [1.807, 2.05) is 30.3 Å². The first-order valence-electron chi connectivity index (χ1n) is 7.81. The van der Waals surface area contributed by atoms with Crippen molar-refractivity contribution in [3.8, 4) is 0 Å². The van der Waals surface area contributed by atoms with Gasteiger partial charge in [-0.05, 0) is 36.8 Å². The predicted octanol–water partition coefficient (Wildman–Crippen LogP) is 4.06. The lowest BCUT2D eigenvalue weighted by molar-refractivity contribution is 0.112. The standard InChI is InChI=1S/C18H22N2O/c1-3-18(4-2)9-10-20(13-18)17-15(12-21)11-14-7-5-6-8-16(14)19-17/h5-8,11-12H,3-4,9-10,13H2,1-2H3. The normalized spacial score (nSPS) is 17.3. The van der Waals surface area contributed by atoms with Gasteiger partial charge in [-0.1, -0.05) is 32.0 Å². The summed E-state index contributed by atoms with van der Waals surface area (Å²) in [4.78, 5) is 18.5. The summed E-state index contributed by atoms with van der Waals surface area (Å²) in [7, 11) is 0. The smallest absolute Gasteiger partial charge is 0.153 e. The van der Waals surface area contributed by atoms with Crippen molar-refractivity contribution in [3.05, 3.63) is 35.9 Å². The average Bonchev–Trinajstić information content (AvgIpc) is 2.98. The number of anilines is 1. The first-order chi connectivity index (χ1) is 10.2. The fourth-order valence-electron chi connectivity index (χ4n) is 3.41. The van der Waals surface area contributed by atoms with Crippen LogP contribution in [-0.2, 0) is 0 Å². The zero-order chi connectivity index (χ0) is 14.9. The number of hydrogen-bond acceptors (Lipinski definition) is 3. The van der Waals surface area contributed by atoms with Crippen LogP contribution in [0.15, 0.2) is 30.3 Å². The maximum Gasteiger partial charge on any atom is 0.153 e. The molecular weight excluding hydrogens is 260 g/mol. The van der Waals surface area contributed by atoms with Crippen LogP contribution in [-0.4, -0.2) is 24.4 Å². The molecular formula is C18H22N2O. The third-order valence-electron chi connectivity index (χ3n) is 5.10. The van der Waals surface area contributed by atoms with E-state index in [1.165, 1.54) is 19.3 Å². The second-order valence-electron chi connectivity index (χ2n) is 6.09. The van der Waals surface area contributed by atoms with Gasteiger partial charge in [-0.2, -0.15) is 0 Å². The van der Waals surface area contributed by atoms with E-state index in [0.717, 1.165) is 36.1 Å². The third kappa shape index (κ3) is 2.41. The number of aldehydes is 1. The molecule has 1 aromatic carbocycles. The van der Waals surface area contributed by atoms with Gasteiger partial charge < -0.3 is 4.90 Å². The Kier molecular flexibility index (Phi) is 3.66. The van der Waals surface area contributed by atoms with Gasteiger partial charge in [0.05, 0.1) is 11.1 Å². The van der Waals surface area contributed by atoms with E-state index < -0.39 is 0 Å². The molecule has 0 spiro atoms. The van der Waals surface area contributed by atoms with Crippen molar-refractivity contribution in [1.29, 1.82) is 0 Å². The maximum atomic E-state index is 11.5. The highest BCUT2D eigenvalue weighted by molar-refractivity contribution is 5.91. The number of nitrogens with zero attached hydrogens (tertiary/aromatic N) is 2. The summed E-state index contributed by atoms with van der Waals surface area (Å²) in [5.41, 5.74) is 2.05. The molecule has 2 heterocycles. The number of aromatic nitrogens is 1. The minimum atomic E-state index is 0.382. The van der Waals surface area contributed by atoms with Crippen molar-refractivity contribution >= 4 is 23.0 Å². The van der Waals surface area contributed by atoms with Gasteiger partial charge >= 0.3 is 0 Å². The zero-order valence-electron chi connectivity index (χ0n) is 12.8. The second-order valence-corrected chi connectivity index (χ2v) is 6.09. The summed E-state index contributed by atoms with van der Waals surface area (Å²) in [6.07, 6.45) is 4.49. The number of rotatable bonds is 4. The van der Waals surface area contributed by atoms with Gasteiger partial charge in [-0.25, -0.2) is 4.98 Å². The summed E-state index contributed by atoms with van der Waals surface area (Å²) >= 11 is 0. The van der Waals surface area contributed by atoms with Gasteiger partial charge in [0.1, 0.15) is 5.82 Å². The molecule has 1 saturated heterocycles. The molecule has 110 valence electrons. The Bertz CT molecular complexity index is 661. The monoisotopic (exact) mass is 282 g/mol. The molecule has 0 N–H and O–H groups in total. The zero-order valence-corrected chi connectivity index (χ0v) is 12.8. The highest BCUT2D eigenvalue weighted by Crippen LogP contribution is 2.39. The maximum absolute atomic E-state index is 11.5. The molecule has 1 aliphatic rings. The van der Waals surface area contributed by atoms with Gasteiger partial charge in [0.2, 0.25) is 0 Å². The van der Waals surface area contributed by atoms with Crippen LogP contribution < -0.4 is 4.90 Å². The van der Waals surface area contributed by atoms with Crippen LogP contribution in [0.5, 0.6) is 0 Å². The molecule has 1 fully saturated rings. The molecule has 3 heteroatoms. The van der Waals surface area contributed by atoms with Crippen molar-refractivity contribution in [2.24, 2.45) is 5.41 Å². The largest absolute Gasteiger partial charge is 0.355 e. The molecule has 3 rings (SSSR count). The molecule has 2 aromatic rings. The van der Waals surface area contributed by atoms with E-state index in [1.54, 1.807) is 0 Å². The first-order valence-corrected chi connectivity index (χ1v) is 7.81. The number of carbonyl (C=O) groups excluding carboxylic acids is 1. The molecule has 0 atom stereocenters. The summed E-state index contributed by atoms with van der Waals surface area (Å²) in [5.74, 6) is 0.854. The average molecular weight is 282 g/mol. The first kappa shape index (κ1) is 14.1. The van der Waals surface area contributed by atoms with Gasteiger partial charge in [0, 0.05) is 18.5 Å². The second kappa shape index (κ2) is 5.47. The number of carbonyl (C=O) groups is 1. The van der Waals surface area contributed by atoms with Crippen molar-refractivity contribution in [2.75, 3.05) is 18.0 Å². The summed E-state index contributed by atoms with van der Waals surface area (Å²) in [6.45, 7) is 6.53.